The number of hydrogen-bond acceptors (Lipinski definition) is 3. The van der Waals surface area contributed by atoms with E-state index in [1.165, 1.54) is 18.3 Å². The zero-order valence-corrected chi connectivity index (χ0v) is 11.0. The summed E-state index contributed by atoms with van der Waals surface area (Å²) in [7, 11) is 1.60. The quantitative estimate of drug-likeness (QED) is 0.786. The molecule has 0 aromatic carbocycles. The highest BCUT2D eigenvalue weighted by molar-refractivity contribution is 5.95. The first-order chi connectivity index (χ1) is 8.96. The molecule has 1 unspecified atom stereocenters. The van der Waals surface area contributed by atoms with E-state index in [0.717, 1.165) is 0 Å². The Balaban J connectivity index is 2.13. The van der Waals surface area contributed by atoms with Crippen LogP contribution >= 0.6 is 0 Å². The Labute approximate surface area is 110 Å². The molecule has 0 spiro atoms. The van der Waals surface area contributed by atoms with Gasteiger partial charge < -0.3 is 15.2 Å². The molecule has 1 fully saturated rings. The van der Waals surface area contributed by atoms with E-state index in [1.807, 2.05) is 6.92 Å². The first kappa shape index (κ1) is 13.3. The van der Waals surface area contributed by atoms with Gasteiger partial charge in [-0.1, -0.05) is 0 Å². The van der Waals surface area contributed by atoms with Gasteiger partial charge in [0, 0.05) is 32.4 Å². The van der Waals surface area contributed by atoms with Crippen molar-refractivity contribution in [2.45, 2.75) is 13.3 Å². The van der Waals surface area contributed by atoms with Gasteiger partial charge in [-0.25, -0.2) is 0 Å². The van der Waals surface area contributed by atoms with Crippen LogP contribution in [0.1, 0.15) is 23.7 Å². The van der Waals surface area contributed by atoms with E-state index in [4.69, 9.17) is 0 Å². The maximum Gasteiger partial charge on any atom is 0.255 e. The van der Waals surface area contributed by atoms with Crippen molar-refractivity contribution in [2.24, 2.45) is 5.41 Å². The van der Waals surface area contributed by atoms with E-state index in [2.05, 4.69) is 10.3 Å². The molecule has 0 radical (unpaired) electrons. The molecule has 1 saturated heterocycles. The molecule has 1 aromatic heterocycles. The Hall–Kier alpha value is -2.11. The number of amides is 2. The summed E-state index contributed by atoms with van der Waals surface area (Å²) in [4.78, 5) is 39.1. The zero-order valence-electron chi connectivity index (χ0n) is 11.0. The summed E-state index contributed by atoms with van der Waals surface area (Å²) in [5, 5.41) is 2.63. The van der Waals surface area contributed by atoms with Crippen molar-refractivity contribution in [3.8, 4) is 0 Å². The maximum absolute atomic E-state index is 12.2. The van der Waals surface area contributed by atoms with Gasteiger partial charge in [0.25, 0.3) is 5.91 Å². The van der Waals surface area contributed by atoms with Gasteiger partial charge in [-0.15, -0.1) is 0 Å². The van der Waals surface area contributed by atoms with E-state index >= 15 is 0 Å². The number of aromatic amines is 1. The molecule has 2 amide bonds. The molecular weight excluding hydrogens is 246 g/mol. The second kappa shape index (κ2) is 4.87. The fourth-order valence-corrected chi connectivity index (χ4v) is 2.35. The largest absolute Gasteiger partial charge is 0.359 e. The summed E-state index contributed by atoms with van der Waals surface area (Å²) >= 11 is 0. The fourth-order valence-electron chi connectivity index (χ4n) is 2.35. The van der Waals surface area contributed by atoms with Gasteiger partial charge in [0.1, 0.15) is 0 Å². The minimum Gasteiger partial charge on any atom is -0.359 e. The lowest BCUT2D eigenvalue weighted by atomic mass is 9.89. The summed E-state index contributed by atoms with van der Waals surface area (Å²) in [5.41, 5.74) is -0.346. The lowest BCUT2D eigenvalue weighted by Crippen LogP contribution is -2.40. The number of aromatic nitrogens is 1. The summed E-state index contributed by atoms with van der Waals surface area (Å²) < 4.78 is 0. The van der Waals surface area contributed by atoms with Crippen molar-refractivity contribution < 1.29 is 9.59 Å². The summed E-state index contributed by atoms with van der Waals surface area (Å²) in [5.74, 6) is -0.215. The molecular formula is C13H17N3O3. The molecule has 19 heavy (non-hydrogen) atoms. The molecule has 2 rings (SSSR count). The molecule has 6 heteroatoms. The number of likely N-dealkylation sites (tertiary alicyclic amines) is 1. The fraction of sp³-hybridized carbons (Fsp3) is 0.462. The molecule has 1 aromatic rings. The third-order valence-corrected chi connectivity index (χ3v) is 3.57. The summed E-state index contributed by atoms with van der Waals surface area (Å²) in [6.45, 7) is 2.79. The van der Waals surface area contributed by atoms with Crippen molar-refractivity contribution in [2.75, 3.05) is 20.1 Å². The number of pyridine rings is 1. The normalized spacial score (nSPS) is 22.3. The Morgan fingerprint density at radius 3 is 2.74 bits per heavy atom. The van der Waals surface area contributed by atoms with Crippen molar-refractivity contribution in [1.82, 2.24) is 15.2 Å². The zero-order chi connectivity index (χ0) is 14.0. The van der Waals surface area contributed by atoms with Crippen molar-refractivity contribution >= 4 is 11.8 Å². The predicted molar refractivity (Wildman–Crippen MR) is 69.8 cm³/mol. The van der Waals surface area contributed by atoms with Crippen LogP contribution in [0, 0.1) is 5.41 Å². The molecule has 6 nitrogen and oxygen atoms in total. The number of rotatable bonds is 2. The van der Waals surface area contributed by atoms with Crippen LogP contribution in [0.5, 0.6) is 0 Å². The molecule has 0 bridgehead atoms. The standard InChI is InChI=1S/C13H17N3O3/c1-13(12(19)14-2)5-6-16(8-13)11(18)9-3-4-10(17)15-7-9/h3-4,7H,5-6,8H2,1-2H3,(H,14,19)(H,15,17). The molecule has 2 heterocycles. The van der Waals surface area contributed by atoms with Crippen molar-refractivity contribution in [3.63, 3.8) is 0 Å². The number of nitrogens with zero attached hydrogens (tertiary/aromatic N) is 1. The van der Waals surface area contributed by atoms with Crippen LogP contribution < -0.4 is 10.9 Å². The molecule has 0 saturated carbocycles. The van der Waals surface area contributed by atoms with E-state index in [0.29, 0.717) is 25.1 Å². The van der Waals surface area contributed by atoms with Gasteiger partial charge in [0.05, 0.1) is 11.0 Å². The first-order valence-corrected chi connectivity index (χ1v) is 6.16. The summed E-state index contributed by atoms with van der Waals surface area (Å²) in [6.07, 6.45) is 2.04. The minimum atomic E-state index is -0.535. The molecule has 1 atom stereocenters. The highest BCUT2D eigenvalue weighted by atomic mass is 16.2. The van der Waals surface area contributed by atoms with Gasteiger partial charge >= 0.3 is 0 Å². The Morgan fingerprint density at radius 1 is 1.42 bits per heavy atom. The van der Waals surface area contributed by atoms with E-state index in [-0.39, 0.29) is 17.4 Å². The van der Waals surface area contributed by atoms with Crippen LogP contribution in [0.4, 0.5) is 0 Å². The molecule has 0 aliphatic carbocycles. The van der Waals surface area contributed by atoms with Crippen LogP contribution in [0.2, 0.25) is 0 Å². The summed E-state index contributed by atoms with van der Waals surface area (Å²) in [6, 6.07) is 2.82. The highest BCUT2D eigenvalue weighted by Gasteiger charge is 2.41. The number of carbonyl (C=O) groups excluding carboxylic acids is 2. The van der Waals surface area contributed by atoms with Crippen LogP contribution in [0.15, 0.2) is 23.1 Å². The van der Waals surface area contributed by atoms with Crippen LogP contribution in [0.3, 0.4) is 0 Å². The molecule has 1 aliphatic heterocycles. The second-order valence-corrected chi connectivity index (χ2v) is 5.06. The Kier molecular flexibility index (Phi) is 3.42. The van der Waals surface area contributed by atoms with Crippen molar-refractivity contribution in [3.05, 3.63) is 34.2 Å². The minimum absolute atomic E-state index is 0.0516. The monoisotopic (exact) mass is 263 g/mol. The van der Waals surface area contributed by atoms with Crippen LogP contribution in [0.25, 0.3) is 0 Å². The number of nitrogens with one attached hydrogen (secondary N) is 2. The highest BCUT2D eigenvalue weighted by Crippen LogP contribution is 2.30. The predicted octanol–water partition coefficient (Wildman–Crippen LogP) is -0.0269. The van der Waals surface area contributed by atoms with E-state index < -0.39 is 5.41 Å². The lowest BCUT2D eigenvalue weighted by molar-refractivity contribution is -0.128. The third-order valence-electron chi connectivity index (χ3n) is 3.57. The molecule has 2 N–H and O–H groups in total. The van der Waals surface area contributed by atoms with Gasteiger partial charge in [0.2, 0.25) is 11.5 Å². The van der Waals surface area contributed by atoms with Crippen LogP contribution in [-0.2, 0) is 4.79 Å². The average Bonchev–Trinajstić information content (AvgIpc) is 2.82. The van der Waals surface area contributed by atoms with Crippen molar-refractivity contribution in [1.29, 1.82) is 0 Å². The topological polar surface area (TPSA) is 82.3 Å². The number of H-pyrrole nitrogens is 1. The van der Waals surface area contributed by atoms with Gasteiger partial charge in [-0.3, -0.25) is 14.4 Å². The second-order valence-electron chi connectivity index (χ2n) is 5.06. The smallest absolute Gasteiger partial charge is 0.255 e. The van der Waals surface area contributed by atoms with E-state index in [1.54, 1.807) is 11.9 Å². The number of hydrogen-bond donors (Lipinski definition) is 2. The SMILES string of the molecule is CNC(=O)C1(C)CCN(C(=O)c2ccc(=O)[nH]c2)C1. The average molecular weight is 263 g/mol. The van der Waals surface area contributed by atoms with Gasteiger partial charge in [0.15, 0.2) is 0 Å². The number of carbonyl (C=O) groups is 2. The molecule has 102 valence electrons. The van der Waals surface area contributed by atoms with Crippen LogP contribution in [-0.4, -0.2) is 41.8 Å². The van der Waals surface area contributed by atoms with Gasteiger partial charge in [-0.2, -0.15) is 0 Å². The first-order valence-electron chi connectivity index (χ1n) is 6.16. The maximum atomic E-state index is 12.2. The third kappa shape index (κ3) is 2.52. The van der Waals surface area contributed by atoms with E-state index in [9.17, 15) is 14.4 Å². The Bertz CT molecular complexity index is 546. The Morgan fingerprint density at radius 2 is 2.16 bits per heavy atom. The lowest BCUT2D eigenvalue weighted by Gasteiger charge is -2.22. The molecule has 1 aliphatic rings. The van der Waals surface area contributed by atoms with Gasteiger partial charge in [-0.05, 0) is 19.4 Å².